The molecule has 5 nitrogen and oxygen atoms in total. The highest BCUT2D eigenvalue weighted by Crippen LogP contribution is 2.60. The van der Waals surface area contributed by atoms with Gasteiger partial charge in [-0.25, -0.2) is 8.78 Å². The Morgan fingerprint density at radius 1 is 0.944 bits per heavy atom. The first-order chi connectivity index (χ1) is 16.9. The predicted octanol–water partition coefficient (Wildman–Crippen LogP) is 6.53. The standard InChI is InChI=1S/C23H17F8N5/c24-14-1-2-18-17(10-14)19(33-20-34-32-12-36(18)20)35(11-22(26,27)28)16-8-13(7-15(25)9-16)3-4-21(5-6-21)23(29,30)31/h1-2,7-10,12H,3-6,11H2. The van der Waals surface area contributed by atoms with Crippen molar-refractivity contribution in [1.29, 1.82) is 0 Å². The largest absolute Gasteiger partial charge is 0.406 e. The number of aromatic nitrogens is 4. The summed E-state index contributed by atoms with van der Waals surface area (Å²) in [5.74, 6) is -2.10. The maximum atomic E-state index is 14.6. The van der Waals surface area contributed by atoms with E-state index < -0.39 is 35.9 Å². The zero-order valence-electron chi connectivity index (χ0n) is 18.3. The zero-order valence-corrected chi connectivity index (χ0v) is 18.3. The molecule has 0 amide bonds. The fourth-order valence-electron chi connectivity index (χ4n) is 4.34. The first-order valence-corrected chi connectivity index (χ1v) is 10.8. The highest BCUT2D eigenvalue weighted by molar-refractivity contribution is 5.93. The smallest absolute Gasteiger partial charge is 0.316 e. The summed E-state index contributed by atoms with van der Waals surface area (Å²) in [5.41, 5.74) is -1.78. The third-order valence-electron chi connectivity index (χ3n) is 6.39. The summed E-state index contributed by atoms with van der Waals surface area (Å²) in [6.07, 6.45) is -8.52. The Bertz CT molecular complexity index is 1440. The predicted molar refractivity (Wildman–Crippen MR) is 114 cm³/mol. The molecule has 13 heteroatoms. The van der Waals surface area contributed by atoms with E-state index in [0.717, 1.165) is 24.3 Å². The third-order valence-corrected chi connectivity index (χ3v) is 6.39. The number of fused-ring (bicyclic) bond motifs is 3. The van der Waals surface area contributed by atoms with Crippen LogP contribution in [0.15, 0.2) is 42.7 Å². The van der Waals surface area contributed by atoms with Crippen LogP contribution in [0.3, 0.4) is 0 Å². The van der Waals surface area contributed by atoms with E-state index in [-0.39, 0.29) is 59.4 Å². The van der Waals surface area contributed by atoms with Gasteiger partial charge in [-0.05, 0) is 67.6 Å². The van der Waals surface area contributed by atoms with E-state index in [9.17, 15) is 35.1 Å². The van der Waals surface area contributed by atoms with Crippen molar-refractivity contribution < 1.29 is 35.1 Å². The number of hydrogen-bond acceptors (Lipinski definition) is 4. The van der Waals surface area contributed by atoms with Gasteiger partial charge in [-0.3, -0.25) is 4.40 Å². The molecule has 0 unspecified atom stereocenters. The molecule has 2 aromatic carbocycles. The summed E-state index contributed by atoms with van der Waals surface area (Å²) >= 11 is 0. The summed E-state index contributed by atoms with van der Waals surface area (Å²) in [7, 11) is 0. The Hall–Kier alpha value is -3.51. The molecule has 1 saturated carbocycles. The van der Waals surface area contributed by atoms with Crippen LogP contribution in [0.2, 0.25) is 0 Å². The minimum absolute atomic E-state index is 0.0219. The molecule has 190 valence electrons. The van der Waals surface area contributed by atoms with E-state index in [0.29, 0.717) is 4.90 Å². The summed E-state index contributed by atoms with van der Waals surface area (Å²) in [6.45, 7) is -1.62. The lowest BCUT2D eigenvalue weighted by molar-refractivity contribution is -0.188. The monoisotopic (exact) mass is 515 g/mol. The molecule has 2 heterocycles. The first kappa shape index (κ1) is 24.2. The zero-order chi connectivity index (χ0) is 25.9. The normalized spacial score (nSPS) is 15.6. The molecule has 0 N–H and O–H groups in total. The Morgan fingerprint density at radius 3 is 2.36 bits per heavy atom. The molecule has 0 aliphatic heterocycles. The quantitative estimate of drug-likeness (QED) is 0.274. The SMILES string of the molecule is Fc1cc(CCC2(C(F)(F)F)CC2)cc(N(CC(F)(F)F)c2nc3nncn3c3ccc(F)cc23)c1. The van der Waals surface area contributed by atoms with Crippen molar-refractivity contribution in [1.82, 2.24) is 19.6 Å². The van der Waals surface area contributed by atoms with Crippen molar-refractivity contribution in [3.63, 3.8) is 0 Å². The van der Waals surface area contributed by atoms with Crippen LogP contribution in [0, 0.1) is 17.0 Å². The lowest BCUT2D eigenvalue weighted by Gasteiger charge is -2.27. The summed E-state index contributed by atoms with van der Waals surface area (Å²) in [4.78, 5) is 4.78. The minimum atomic E-state index is -4.79. The Kier molecular flexibility index (Phi) is 5.56. The van der Waals surface area contributed by atoms with Crippen molar-refractivity contribution in [2.24, 2.45) is 5.41 Å². The second kappa shape index (κ2) is 8.27. The van der Waals surface area contributed by atoms with Crippen molar-refractivity contribution in [3.8, 4) is 0 Å². The van der Waals surface area contributed by atoms with Crippen molar-refractivity contribution in [3.05, 3.63) is 59.9 Å². The fourth-order valence-corrected chi connectivity index (χ4v) is 4.34. The van der Waals surface area contributed by atoms with E-state index in [1.165, 1.54) is 22.9 Å². The van der Waals surface area contributed by atoms with Crippen molar-refractivity contribution >= 4 is 28.2 Å². The third kappa shape index (κ3) is 4.53. The highest BCUT2D eigenvalue weighted by atomic mass is 19.4. The number of nitrogens with zero attached hydrogens (tertiary/aromatic N) is 5. The number of halogens is 8. The minimum Gasteiger partial charge on any atom is -0.316 e. The summed E-state index contributed by atoms with van der Waals surface area (Å²) in [6, 6.07) is 6.43. The molecule has 2 aromatic heterocycles. The Labute approximate surface area is 198 Å². The molecule has 1 aliphatic carbocycles. The van der Waals surface area contributed by atoms with Gasteiger partial charge >= 0.3 is 12.4 Å². The molecule has 0 bridgehead atoms. The number of aryl methyl sites for hydroxylation is 1. The van der Waals surface area contributed by atoms with Crippen LogP contribution in [0.1, 0.15) is 24.8 Å². The average molecular weight is 515 g/mol. The molecule has 4 aromatic rings. The molecule has 0 spiro atoms. The van der Waals surface area contributed by atoms with Gasteiger partial charge < -0.3 is 4.90 Å². The van der Waals surface area contributed by atoms with Crippen LogP contribution < -0.4 is 4.90 Å². The van der Waals surface area contributed by atoms with Gasteiger partial charge in [0.15, 0.2) is 0 Å². The molecule has 5 rings (SSSR count). The van der Waals surface area contributed by atoms with Gasteiger partial charge in [0.2, 0.25) is 0 Å². The number of benzene rings is 2. The lowest BCUT2D eigenvalue weighted by atomic mass is 9.96. The van der Waals surface area contributed by atoms with Crippen LogP contribution in [-0.4, -0.2) is 38.5 Å². The average Bonchev–Trinajstić information content (AvgIpc) is 3.44. The second-order valence-corrected chi connectivity index (χ2v) is 8.89. The van der Waals surface area contributed by atoms with Gasteiger partial charge in [0, 0.05) is 11.1 Å². The maximum Gasteiger partial charge on any atom is 0.406 e. The van der Waals surface area contributed by atoms with E-state index in [4.69, 9.17) is 0 Å². The van der Waals surface area contributed by atoms with Gasteiger partial charge in [0.1, 0.15) is 30.3 Å². The topological polar surface area (TPSA) is 46.3 Å². The second-order valence-electron chi connectivity index (χ2n) is 8.89. The van der Waals surface area contributed by atoms with Gasteiger partial charge in [0.05, 0.1) is 10.9 Å². The molecular weight excluding hydrogens is 498 g/mol. The molecule has 36 heavy (non-hydrogen) atoms. The van der Waals surface area contributed by atoms with Crippen LogP contribution in [0.5, 0.6) is 0 Å². The molecule has 1 fully saturated rings. The van der Waals surface area contributed by atoms with Gasteiger partial charge in [-0.1, -0.05) is 0 Å². The van der Waals surface area contributed by atoms with E-state index >= 15 is 0 Å². The Morgan fingerprint density at radius 2 is 1.69 bits per heavy atom. The van der Waals surface area contributed by atoms with E-state index in [2.05, 4.69) is 15.2 Å². The summed E-state index contributed by atoms with van der Waals surface area (Å²) in [5, 5.41) is 7.43. The van der Waals surface area contributed by atoms with E-state index in [1.807, 2.05) is 0 Å². The van der Waals surface area contributed by atoms with Crippen LogP contribution in [0.4, 0.5) is 46.6 Å². The van der Waals surface area contributed by atoms with Gasteiger partial charge in [0.25, 0.3) is 5.78 Å². The number of hydrogen-bond donors (Lipinski definition) is 0. The van der Waals surface area contributed by atoms with Crippen LogP contribution >= 0.6 is 0 Å². The number of alkyl halides is 6. The molecular formula is C23H17F8N5. The lowest BCUT2D eigenvalue weighted by Crippen LogP contribution is -2.31. The summed E-state index contributed by atoms with van der Waals surface area (Å²) < 4.78 is 111. The highest BCUT2D eigenvalue weighted by Gasteiger charge is 2.62. The molecule has 0 saturated heterocycles. The van der Waals surface area contributed by atoms with Gasteiger partial charge in [-0.2, -0.15) is 31.3 Å². The fraction of sp³-hybridized carbons (Fsp3) is 0.348. The van der Waals surface area contributed by atoms with Crippen molar-refractivity contribution in [2.45, 2.75) is 38.0 Å². The molecule has 0 radical (unpaired) electrons. The molecule has 0 atom stereocenters. The molecule has 1 aliphatic rings. The van der Waals surface area contributed by atoms with Crippen LogP contribution in [0.25, 0.3) is 16.7 Å². The van der Waals surface area contributed by atoms with Crippen molar-refractivity contribution in [2.75, 3.05) is 11.4 Å². The van der Waals surface area contributed by atoms with E-state index in [1.54, 1.807) is 0 Å². The Balaban J connectivity index is 1.61. The number of rotatable bonds is 6. The maximum absolute atomic E-state index is 14.6. The number of anilines is 2. The first-order valence-electron chi connectivity index (χ1n) is 10.8. The van der Waals surface area contributed by atoms with Gasteiger partial charge in [-0.15, -0.1) is 10.2 Å². The van der Waals surface area contributed by atoms with Crippen LogP contribution in [-0.2, 0) is 6.42 Å².